The van der Waals surface area contributed by atoms with E-state index in [2.05, 4.69) is 32.8 Å². The minimum Gasteiger partial charge on any atom is -0.298 e. The van der Waals surface area contributed by atoms with Crippen LogP contribution in [0, 0.1) is 0 Å². The van der Waals surface area contributed by atoms with Crippen molar-refractivity contribution in [3.05, 3.63) is 17.5 Å². The highest BCUT2D eigenvalue weighted by molar-refractivity contribution is 14.1. The van der Waals surface area contributed by atoms with Gasteiger partial charge in [-0.15, -0.1) is 0 Å². The minimum absolute atomic E-state index is 0.657. The number of hydrogen-bond donors (Lipinski definition) is 1. The molecular weight excluding hydrogens is 231 g/mol. The third kappa shape index (κ3) is 1.29. The Morgan fingerprint density at radius 2 is 2.67 bits per heavy atom. The summed E-state index contributed by atoms with van der Waals surface area (Å²) in [5.41, 5.74) is 1.55. The molecule has 0 saturated heterocycles. The summed E-state index contributed by atoms with van der Waals surface area (Å²) in [4.78, 5) is 10.2. The van der Waals surface area contributed by atoms with Crippen LogP contribution in [0.25, 0.3) is 0 Å². The van der Waals surface area contributed by atoms with E-state index in [1.807, 2.05) is 0 Å². The lowest BCUT2D eigenvalue weighted by molar-refractivity contribution is 0.112. The van der Waals surface area contributed by atoms with Crippen molar-refractivity contribution in [2.75, 3.05) is 0 Å². The number of aromatic amines is 1. The molecule has 0 aliphatic heterocycles. The number of rotatable bonds is 2. The molecule has 1 aromatic heterocycles. The van der Waals surface area contributed by atoms with E-state index in [9.17, 15) is 4.79 Å². The number of hydrogen-bond acceptors (Lipinski definition) is 2. The molecule has 0 amide bonds. The summed E-state index contributed by atoms with van der Waals surface area (Å²) < 4.78 is 0.797. The van der Waals surface area contributed by atoms with E-state index in [1.54, 1.807) is 0 Å². The Balaban J connectivity index is 2.98. The Kier molecular flexibility index (Phi) is 2.21. The molecule has 0 saturated carbocycles. The SMILES string of the molecule is O=Cc1cn[nH]c1CI. The van der Waals surface area contributed by atoms with Crippen LogP contribution in [0.5, 0.6) is 0 Å². The molecule has 0 radical (unpaired) electrons. The van der Waals surface area contributed by atoms with Crippen molar-refractivity contribution in [3.63, 3.8) is 0 Å². The summed E-state index contributed by atoms with van der Waals surface area (Å²) >= 11 is 2.17. The van der Waals surface area contributed by atoms with Crippen LogP contribution < -0.4 is 0 Å². The lowest BCUT2D eigenvalue weighted by atomic mass is 10.3. The summed E-state index contributed by atoms with van der Waals surface area (Å²) in [5.74, 6) is 0. The highest BCUT2D eigenvalue weighted by Gasteiger charge is 1.99. The second kappa shape index (κ2) is 2.95. The molecule has 0 fully saturated rings. The zero-order valence-corrected chi connectivity index (χ0v) is 6.75. The monoisotopic (exact) mass is 236 g/mol. The van der Waals surface area contributed by atoms with E-state index in [1.165, 1.54) is 6.20 Å². The topological polar surface area (TPSA) is 45.8 Å². The van der Waals surface area contributed by atoms with E-state index in [0.717, 1.165) is 16.4 Å². The number of carbonyl (C=O) groups excluding carboxylic acids is 1. The molecule has 0 aliphatic rings. The van der Waals surface area contributed by atoms with Crippen molar-refractivity contribution >= 4 is 28.9 Å². The zero-order chi connectivity index (χ0) is 6.69. The molecule has 9 heavy (non-hydrogen) atoms. The molecule has 3 nitrogen and oxygen atoms in total. The van der Waals surface area contributed by atoms with Gasteiger partial charge in [0.2, 0.25) is 0 Å². The normalized spacial score (nSPS) is 9.44. The number of nitrogens with one attached hydrogen (secondary N) is 1. The maximum absolute atomic E-state index is 10.2. The van der Waals surface area contributed by atoms with Crippen LogP contribution in [0.15, 0.2) is 6.20 Å². The third-order valence-corrected chi connectivity index (χ3v) is 1.77. The van der Waals surface area contributed by atoms with E-state index >= 15 is 0 Å². The molecule has 0 bridgehead atoms. The lowest BCUT2D eigenvalue weighted by Crippen LogP contribution is -1.83. The molecule has 0 aliphatic carbocycles. The number of H-pyrrole nitrogens is 1. The molecule has 4 heteroatoms. The van der Waals surface area contributed by atoms with Gasteiger partial charge in [-0.25, -0.2) is 0 Å². The molecule has 48 valence electrons. The number of carbonyl (C=O) groups is 1. The molecule has 0 unspecified atom stereocenters. The summed E-state index contributed by atoms with van der Waals surface area (Å²) in [7, 11) is 0. The smallest absolute Gasteiger partial charge is 0.153 e. The molecule has 1 N–H and O–H groups in total. The maximum atomic E-state index is 10.2. The number of alkyl halides is 1. The maximum Gasteiger partial charge on any atom is 0.153 e. The van der Waals surface area contributed by atoms with Crippen molar-refractivity contribution in [1.82, 2.24) is 10.2 Å². The second-order valence-corrected chi connectivity index (χ2v) is 2.32. The summed E-state index contributed by atoms with van der Waals surface area (Å²) in [6, 6.07) is 0. The van der Waals surface area contributed by atoms with E-state index in [0.29, 0.717) is 5.56 Å². The number of aldehydes is 1. The van der Waals surface area contributed by atoms with Crippen molar-refractivity contribution in [2.45, 2.75) is 4.43 Å². The largest absolute Gasteiger partial charge is 0.298 e. The highest BCUT2D eigenvalue weighted by atomic mass is 127. The molecule has 0 spiro atoms. The van der Waals surface area contributed by atoms with Gasteiger partial charge in [-0.3, -0.25) is 9.89 Å². The summed E-state index contributed by atoms with van der Waals surface area (Å²) in [6.45, 7) is 0. The van der Waals surface area contributed by atoms with Gasteiger partial charge in [-0.05, 0) is 0 Å². The first-order valence-electron chi connectivity index (χ1n) is 2.42. The molecule has 1 rings (SSSR count). The van der Waals surface area contributed by atoms with Gasteiger partial charge < -0.3 is 0 Å². The van der Waals surface area contributed by atoms with Crippen LogP contribution in [0.2, 0.25) is 0 Å². The number of halogens is 1. The molecule has 1 heterocycles. The molecular formula is C5H5IN2O. The van der Waals surface area contributed by atoms with Gasteiger partial charge in [-0.2, -0.15) is 5.10 Å². The van der Waals surface area contributed by atoms with Gasteiger partial charge in [0.15, 0.2) is 6.29 Å². The minimum atomic E-state index is 0.657. The van der Waals surface area contributed by atoms with Gasteiger partial charge in [0, 0.05) is 4.43 Å². The van der Waals surface area contributed by atoms with E-state index in [-0.39, 0.29) is 0 Å². The predicted molar refractivity (Wildman–Crippen MR) is 41.7 cm³/mol. The quantitative estimate of drug-likeness (QED) is 0.475. The van der Waals surface area contributed by atoms with Crippen molar-refractivity contribution in [3.8, 4) is 0 Å². The lowest BCUT2D eigenvalue weighted by Gasteiger charge is -1.84. The third-order valence-electron chi connectivity index (χ3n) is 1.01. The molecule has 0 atom stereocenters. The Morgan fingerprint density at radius 1 is 1.89 bits per heavy atom. The Hall–Kier alpha value is -0.390. The fourth-order valence-electron chi connectivity index (χ4n) is 0.531. The molecule has 1 aromatic rings. The Morgan fingerprint density at radius 3 is 3.11 bits per heavy atom. The van der Waals surface area contributed by atoms with Gasteiger partial charge in [0.1, 0.15) is 0 Å². The first-order valence-corrected chi connectivity index (χ1v) is 3.94. The average molecular weight is 236 g/mol. The van der Waals surface area contributed by atoms with Gasteiger partial charge >= 0.3 is 0 Å². The Labute approximate surface area is 66.0 Å². The van der Waals surface area contributed by atoms with Crippen LogP contribution in [-0.4, -0.2) is 16.5 Å². The van der Waals surface area contributed by atoms with E-state index < -0.39 is 0 Å². The zero-order valence-electron chi connectivity index (χ0n) is 4.60. The van der Waals surface area contributed by atoms with Crippen LogP contribution in [0.1, 0.15) is 16.1 Å². The van der Waals surface area contributed by atoms with Crippen molar-refractivity contribution < 1.29 is 4.79 Å². The predicted octanol–water partition coefficient (Wildman–Crippen LogP) is 1.16. The number of aromatic nitrogens is 2. The van der Waals surface area contributed by atoms with Crippen LogP contribution >= 0.6 is 22.6 Å². The fraction of sp³-hybridized carbons (Fsp3) is 0.200. The van der Waals surface area contributed by atoms with Crippen molar-refractivity contribution in [2.24, 2.45) is 0 Å². The fourth-order valence-corrected chi connectivity index (χ4v) is 1.14. The van der Waals surface area contributed by atoms with Gasteiger partial charge in [-0.1, -0.05) is 22.6 Å². The second-order valence-electron chi connectivity index (χ2n) is 1.56. The highest BCUT2D eigenvalue weighted by Crippen LogP contribution is 2.05. The summed E-state index contributed by atoms with van der Waals surface area (Å²) in [6.07, 6.45) is 2.33. The average Bonchev–Trinajstić information content (AvgIpc) is 2.33. The van der Waals surface area contributed by atoms with Gasteiger partial charge in [0.05, 0.1) is 17.5 Å². The van der Waals surface area contributed by atoms with Crippen LogP contribution in [0.3, 0.4) is 0 Å². The first kappa shape index (κ1) is 6.73. The van der Waals surface area contributed by atoms with E-state index in [4.69, 9.17) is 0 Å². The first-order chi connectivity index (χ1) is 4.38. The summed E-state index contributed by atoms with van der Waals surface area (Å²) in [5, 5.41) is 6.42. The van der Waals surface area contributed by atoms with Crippen LogP contribution in [-0.2, 0) is 4.43 Å². The van der Waals surface area contributed by atoms with Crippen molar-refractivity contribution in [1.29, 1.82) is 0 Å². The molecule has 0 aromatic carbocycles. The standard InChI is InChI=1S/C5H5IN2O/c6-1-5-4(3-9)2-7-8-5/h2-3H,1H2,(H,7,8). The number of nitrogens with zero attached hydrogens (tertiary/aromatic N) is 1. The Bertz CT molecular complexity index is 208. The van der Waals surface area contributed by atoms with Crippen LogP contribution in [0.4, 0.5) is 0 Å². The van der Waals surface area contributed by atoms with Gasteiger partial charge in [0.25, 0.3) is 0 Å².